The Balaban J connectivity index is 2.06. The molecule has 0 saturated carbocycles. The van der Waals surface area contributed by atoms with E-state index in [1.165, 1.54) is 5.56 Å². The fourth-order valence-electron chi connectivity index (χ4n) is 2.10. The summed E-state index contributed by atoms with van der Waals surface area (Å²) in [7, 11) is 3.38. The highest BCUT2D eigenvalue weighted by atomic mass is 16.5. The fraction of sp³-hybridized carbons (Fsp3) is 0.353. The summed E-state index contributed by atoms with van der Waals surface area (Å²) in [6.45, 7) is 4.41. The Bertz CT molecular complexity index is 568. The van der Waals surface area contributed by atoms with Crippen LogP contribution in [0.2, 0.25) is 0 Å². The molecule has 1 heterocycles. The molecule has 0 fully saturated rings. The first kappa shape index (κ1) is 15.5. The minimum absolute atomic E-state index is 0.719. The predicted octanol–water partition coefficient (Wildman–Crippen LogP) is 2.80. The van der Waals surface area contributed by atoms with Gasteiger partial charge in [-0.25, -0.2) is 0 Å². The van der Waals surface area contributed by atoms with Crippen LogP contribution < -0.4 is 10.1 Å². The lowest BCUT2D eigenvalue weighted by Crippen LogP contribution is -2.19. The van der Waals surface area contributed by atoms with E-state index in [0.29, 0.717) is 0 Å². The van der Waals surface area contributed by atoms with Crippen LogP contribution in [0.15, 0.2) is 36.4 Å². The number of nitrogens with zero attached hydrogens (tertiary/aromatic N) is 1. The molecule has 1 N–H and O–H groups in total. The summed E-state index contributed by atoms with van der Waals surface area (Å²) in [5, 5.41) is 3.34. The Morgan fingerprint density at radius 1 is 1.05 bits per heavy atom. The lowest BCUT2D eigenvalue weighted by molar-refractivity contribution is 0.199. The molecule has 0 aliphatic rings. The number of hydrogen-bond donors (Lipinski definition) is 1. The molecular formula is C17H22N2O2. The minimum Gasteiger partial charge on any atom is -0.497 e. The molecule has 4 nitrogen and oxygen atoms in total. The normalized spacial score (nSPS) is 10.6. The smallest absolute Gasteiger partial charge is 0.118 e. The summed E-state index contributed by atoms with van der Waals surface area (Å²) in [6.07, 6.45) is 0. The van der Waals surface area contributed by atoms with Gasteiger partial charge in [-0.1, -0.05) is 6.07 Å². The van der Waals surface area contributed by atoms with E-state index in [0.717, 1.165) is 42.4 Å². The second kappa shape index (κ2) is 7.76. The van der Waals surface area contributed by atoms with Crippen molar-refractivity contribution >= 4 is 0 Å². The Labute approximate surface area is 126 Å². The van der Waals surface area contributed by atoms with E-state index < -0.39 is 0 Å². The van der Waals surface area contributed by atoms with Crippen molar-refractivity contribution in [3.8, 4) is 17.0 Å². The summed E-state index contributed by atoms with van der Waals surface area (Å²) >= 11 is 0. The molecule has 2 aromatic rings. The Morgan fingerprint density at radius 2 is 1.81 bits per heavy atom. The van der Waals surface area contributed by atoms with E-state index in [2.05, 4.69) is 22.4 Å². The molecule has 0 radical (unpaired) electrons. The first-order chi connectivity index (χ1) is 10.2. The van der Waals surface area contributed by atoms with Crippen molar-refractivity contribution in [3.63, 3.8) is 0 Å². The highest BCUT2D eigenvalue weighted by Gasteiger charge is 2.04. The van der Waals surface area contributed by atoms with Crippen molar-refractivity contribution in [1.82, 2.24) is 10.3 Å². The van der Waals surface area contributed by atoms with E-state index in [4.69, 9.17) is 9.47 Å². The molecule has 1 aromatic heterocycles. The number of rotatable bonds is 7. The number of hydrogen-bond acceptors (Lipinski definition) is 4. The molecule has 0 saturated heterocycles. The van der Waals surface area contributed by atoms with Crippen LogP contribution in [0.1, 0.15) is 11.3 Å². The average molecular weight is 286 g/mol. The number of aromatic nitrogens is 1. The lowest BCUT2D eigenvalue weighted by atomic mass is 10.1. The van der Waals surface area contributed by atoms with Gasteiger partial charge in [0.05, 0.1) is 19.4 Å². The molecule has 21 heavy (non-hydrogen) atoms. The summed E-state index contributed by atoms with van der Waals surface area (Å²) in [6, 6.07) is 12.1. The molecule has 2 rings (SSSR count). The zero-order valence-corrected chi connectivity index (χ0v) is 12.8. The third-order valence-electron chi connectivity index (χ3n) is 3.38. The zero-order valence-electron chi connectivity index (χ0n) is 12.8. The first-order valence-corrected chi connectivity index (χ1v) is 7.05. The Kier molecular flexibility index (Phi) is 5.72. The van der Waals surface area contributed by atoms with Crippen LogP contribution in [0.4, 0.5) is 0 Å². The van der Waals surface area contributed by atoms with Crippen LogP contribution >= 0.6 is 0 Å². The highest BCUT2D eigenvalue weighted by Crippen LogP contribution is 2.21. The summed E-state index contributed by atoms with van der Waals surface area (Å²) < 4.78 is 10.2. The number of ether oxygens (including phenoxy) is 2. The minimum atomic E-state index is 0.719. The molecule has 1 aromatic carbocycles. The van der Waals surface area contributed by atoms with Gasteiger partial charge < -0.3 is 14.8 Å². The van der Waals surface area contributed by atoms with Gasteiger partial charge >= 0.3 is 0 Å². The first-order valence-electron chi connectivity index (χ1n) is 7.05. The maximum absolute atomic E-state index is 5.17. The Morgan fingerprint density at radius 3 is 2.43 bits per heavy atom. The number of pyridine rings is 1. The summed E-state index contributed by atoms with van der Waals surface area (Å²) in [5.41, 5.74) is 4.34. The molecule has 0 bridgehead atoms. The number of nitrogens with one attached hydrogen (secondary N) is 1. The van der Waals surface area contributed by atoms with Gasteiger partial charge in [0, 0.05) is 31.5 Å². The van der Waals surface area contributed by atoms with Gasteiger partial charge in [0.2, 0.25) is 0 Å². The lowest BCUT2D eigenvalue weighted by Gasteiger charge is -2.09. The van der Waals surface area contributed by atoms with Gasteiger partial charge in [-0.3, -0.25) is 4.98 Å². The van der Waals surface area contributed by atoms with E-state index in [-0.39, 0.29) is 0 Å². The largest absolute Gasteiger partial charge is 0.497 e. The predicted molar refractivity (Wildman–Crippen MR) is 84.5 cm³/mol. The van der Waals surface area contributed by atoms with Crippen molar-refractivity contribution in [1.29, 1.82) is 0 Å². The monoisotopic (exact) mass is 286 g/mol. The fourth-order valence-corrected chi connectivity index (χ4v) is 2.10. The second-order valence-electron chi connectivity index (χ2n) is 4.84. The van der Waals surface area contributed by atoms with Crippen molar-refractivity contribution < 1.29 is 9.47 Å². The third-order valence-corrected chi connectivity index (χ3v) is 3.38. The molecular weight excluding hydrogens is 264 g/mol. The Hall–Kier alpha value is -1.91. The molecule has 0 aliphatic carbocycles. The number of methoxy groups -OCH3 is 2. The third kappa shape index (κ3) is 4.28. The maximum Gasteiger partial charge on any atom is 0.118 e. The van der Waals surface area contributed by atoms with Gasteiger partial charge in [-0.05, 0) is 42.8 Å². The molecule has 0 atom stereocenters. The van der Waals surface area contributed by atoms with Crippen LogP contribution in [-0.4, -0.2) is 32.4 Å². The van der Waals surface area contributed by atoms with Gasteiger partial charge in [0.15, 0.2) is 0 Å². The van der Waals surface area contributed by atoms with E-state index in [1.807, 2.05) is 31.2 Å². The maximum atomic E-state index is 5.17. The average Bonchev–Trinajstić information content (AvgIpc) is 2.53. The van der Waals surface area contributed by atoms with E-state index in [1.54, 1.807) is 14.2 Å². The van der Waals surface area contributed by atoms with Crippen molar-refractivity contribution in [2.75, 3.05) is 27.4 Å². The van der Waals surface area contributed by atoms with Gasteiger partial charge in [-0.2, -0.15) is 0 Å². The zero-order chi connectivity index (χ0) is 15.1. The molecule has 4 heteroatoms. The van der Waals surface area contributed by atoms with E-state index in [9.17, 15) is 0 Å². The summed E-state index contributed by atoms with van der Waals surface area (Å²) in [5.74, 6) is 0.856. The summed E-state index contributed by atoms with van der Waals surface area (Å²) in [4.78, 5) is 4.69. The topological polar surface area (TPSA) is 43.4 Å². The highest BCUT2D eigenvalue weighted by molar-refractivity contribution is 5.60. The number of aryl methyl sites for hydroxylation is 1. The van der Waals surface area contributed by atoms with Crippen molar-refractivity contribution in [2.24, 2.45) is 0 Å². The van der Waals surface area contributed by atoms with E-state index >= 15 is 0 Å². The molecule has 0 unspecified atom stereocenters. The van der Waals surface area contributed by atoms with Crippen molar-refractivity contribution in [3.05, 3.63) is 47.7 Å². The van der Waals surface area contributed by atoms with Crippen molar-refractivity contribution in [2.45, 2.75) is 13.5 Å². The molecule has 112 valence electrons. The quantitative estimate of drug-likeness (QED) is 0.795. The standard InChI is InChI=1S/C17H22N2O2/c1-13-15(12-18-10-11-20-2)6-9-17(19-13)14-4-7-16(21-3)8-5-14/h4-9,18H,10-12H2,1-3H3. The SMILES string of the molecule is COCCNCc1ccc(-c2ccc(OC)cc2)nc1C. The molecule has 0 aliphatic heterocycles. The van der Waals surface area contributed by atoms with Gasteiger partial charge in [0.1, 0.15) is 5.75 Å². The molecule has 0 spiro atoms. The van der Waals surface area contributed by atoms with Crippen LogP contribution in [0.5, 0.6) is 5.75 Å². The van der Waals surface area contributed by atoms with Crippen LogP contribution in [-0.2, 0) is 11.3 Å². The van der Waals surface area contributed by atoms with Crippen LogP contribution in [0, 0.1) is 6.92 Å². The van der Waals surface area contributed by atoms with Crippen LogP contribution in [0.3, 0.4) is 0 Å². The molecule has 0 amide bonds. The van der Waals surface area contributed by atoms with Crippen LogP contribution in [0.25, 0.3) is 11.3 Å². The van der Waals surface area contributed by atoms with Gasteiger partial charge in [-0.15, -0.1) is 0 Å². The second-order valence-corrected chi connectivity index (χ2v) is 4.84. The van der Waals surface area contributed by atoms with Gasteiger partial charge in [0.25, 0.3) is 0 Å². The number of benzene rings is 1.